The third-order valence-electron chi connectivity index (χ3n) is 6.71. The molecule has 3 heterocycles. The number of amides is 1. The predicted molar refractivity (Wildman–Crippen MR) is 109 cm³/mol. The van der Waals surface area contributed by atoms with E-state index in [1.54, 1.807) is 7.11 Å². The van der Waals surface area contributed by atoms with Crippen LogP contribution < -0.4 is 15.5 Å². The maximum Gasteiger partial charge on any atom is 0.494 e. The number of hydrogen-bond donors (Lipinski definition) is 1. The fourth-order valence-corrected chi connectivity index (χ4v) is 4.29. The molecule has 1 aromatic carbocycles. The van der Waals surface area contributed by atoms with Gasteiger partial charge in [-0.1, -0.05) is 6.07 Å². The molecule has 1 atom stereocenters. The molecule has 3 aliphatic rings. The topological polar surface area (TPSA) is 60.0 Å². The first-order valence-electron chi connectivity index (χ1n) is 10.3. The van der Waals surface area contributed by atoms with E-state index in [2.05, 4.69) is 50.0 Å². The first-order chi connectivity index (χ1) is 13.2. The number of nitrogens with zero attached hydrogens (tertiary/aromatic N) is 1. The monoisotopic (exact) mass is 386 g/mol. The van der Waals surface area contributed by atoms with Gasteiger partial charge in [0.2, 0.25) is 5.91 Å². The first-order valence-corrected chi connectivity index (χ1v) is 10.3. The Bertz CT molecular complexity index is 747. The van der Waals surface area contributed by atoms with Gasteiger partial charge in [-0.25, -0.2) is 0 Å². The molecule has 152 valence electrons. The van der Waals surface area contributed by atoms with Crippen molar-refractivity contribution in [1.29, 1.82) is 0 Å². The fraction of sp³-hybridized carbons (Fsp3) is 0.667. The Morgan fingerprint density at radius 1 is 1.21 bits per heavy atom. The van der Waals surface area contributed by atoms with Gasteiger partial charge in [-0.2, -0.15) is 0 Å². The number of rotatable bonds is 4. The minimum absolute atomic E-state index is 0.173. The van der Waals surface area contributed by atoms with Crippen LogP contribution in [0.5, 0.6) is 5.75 Å². The number of hydrogen-bond acceptors (Lipinski definition) is 5. The molecule has 0 aromatic heterocycles. The van der Waals surface area contributed by atoms with Crippen molar-refractivity contribution in [1.82, 2.24) is 10.2 Å². The van der Waals surface area contributed by atoms with Gasteiger partial charge < -0.3 is 19.4 Å². The highest BCUT2D eigenvalue weighted by atomic mass is 16.7. The van der Waals surface area contributed by atoms with Crippen molar-refractivity contribution in [2.75, 3.05) is 20.2 Å². The van der Waals surface area contributed by atoms with E-state index in [9.17, 15) is 4.79 Å². The Kier molecular flexibility index (Phi) is 4.96. The Labute approximate surface area is 168 Å². The summed E-state index contributed by atoms with van der Waals surface area (Å²) in [5.74, 6) is 1.06. The Balaban J connectivity index is 1.53. The van der Waals surface area contributed by atoms with Crippen molar-refractivity contribution in [3.8, 4) is 5.75 Å². The summed E-state index contributed by atoms with van der Waals surface area (Å²) in [7, 11) is 1.34. The standard InChI is InChI=1S/C21H31BN2O4/c1-20(2)21(3,4)28-22(27-20)15-10-14-8-9-24(12-16-6-7-19(25)23-16)13-17(14)18(11-15)26-5/h10-11,16H,6-9,12-13H2,1-5H3,(H,23,25). The molecule has 7 heteroatoms. The van der Waals surface area contributed by atoms with Crippen LogP contribution in [0.25, 0.3) is 0 Å². The van der Waals surface area contributed by atoms with Crippen molar-refractivity contribution in [2.45, 2.75) is 70.7 Å². The second-order valence-electron chi connectivity index (χ2n) is 9.24. The Morgan fingerprint density at radius 2 is 1.93 bits per heavy atom. The van der Waals surface area contributed by atoms with Gasteiger partial charge in [0, 0.05) is 37.7 Å². The van der Waals surface area contributed by atoms with Crippen LogP contribution in [0.1, 0.15) is 51.7 Å². The lowest BCUT2D eigenvalue weighted by Gasteiger charge is -2.32. The zero-order valence-electron chi connectivity index (χ0n) is 17.6. The van der Waals surface area contributed by atoms with Crippen LogP contribution >= 0.6 is 0 Å². The summed E-state index contributed by atoms with van der Waals surface area (Å²) in [6, 6.07) is 4.54. The average Bonchev–Trinajstić information content (AvgIpc) is 3.13. The third-order valence-corrected chi connectivity index (χ3v) is 6.71. The van der Waals surface area contributed by atoms with Crippen molar-refractivity contribution < 1.29 is 18.8 Å². The SMILES string of the molecule is COc1cc(B2OC(C)(C)C(C)(C)O2)cc2c1CN(CC1CCC(=O)N1)CC2. The van der Waals surface area contributed by atoms with E-state index < -0.39 is 0 Å². The van der Waals surface area contributed by atoms with E-state index in [0.29, 0.717) is 6.42 Å². The Hall–Kier alpha value is -1.57. The molecule has 1 aromatic rings. The van der Waals surface area contributed by atoms with Crippen LogP contribution in [0.4, 0.5) is 0 Å². The predicted octanol–water partition coefficient (Wildman–Crippen LogP) is 1.63. The molecule has 1 unspecified atom stereocenters. The summed E-state index contributed by atoms with van der Waals surface area (Å²) in [4.78, 5) is 13.9. The number of methoxy groups -OCH3 is 1. The van der Waals surface area contributed by atoms with E-state index in [1.165, 1.54) is 11.1 Å². The molecule has 0 saturated carbocycles. The molecule has 2 fully saturated rings. The highest BCUT2D eigenvalue weighted by molar-refractivity contribution is 6.62. The van der Waals surface area contributed by atoms with Gasteiger partial charge in [-0.15, -0.1) is 0 Å². The number of carbonyl (C=O) groups excluding carboxylic acids is 1. The minimum atomic E-state index is -0.379. The lowest BCUT2D eigenvalue weighted by Crippen LogP contribution is -2.42. The number of ether oxygens (including phenoxy) is 1. The van der Waals surface area contributed by atoms with Crippen molar-refractivity contribution >= 4 is 18.5 Å². The van der Waals surface area contributed by atoms with Gasteiger partial charge in [0.15, 0.2) is 0 Å². The van der Waals surface area contributed by atoms with Crippen LogP contribution in [-0.2, 0) is 27.1 Å². The molecule has 1 amide bonds. The summed E-state index contributed by atoms with van der Waals surface area (Å²) in [6.45, 7) is 11.0. The number of nitrogens with one attached hydrogen (secondary N) is 1. The second kappa shape index (κ2) is 7.04. The maximum atomic E-state index is 11.5. The van der Waals surface area contributed by atoms with Gasteiger partial charge in [0.25, 0.3) is 0 Å². The molecule has 1 N–H and O–H groups in total. The second-order valence-corrected chi connectivity index (χ2v) is 9.24. The molecule has 0 aliphatic carbocycles. The quantitative estimate of drug-likeness (QED) is 0.798. The van der Waals surface area contributed by atoms with Gasteiger partial charge >= 0.3 is 7.12 Å². The summed E-state index contributed by atoms with van der Waals surface area (Å²) >= 11 is 0. The fourth-order valence-electron chi connectivity index (χ4n) is 4.29. The minimum Gasteiger partial charge on any atom is -0.496 e. The van der Waals surface area contributed by atoms with E-state index in [0.717, 1.165) is 43.7 Å². The lowest BCUT2D eigenvalue weighted by molar-refractivity contribution is -0.119. The number of fused-ring (bicyclic) bond motifs is 1. The molecule has 28 heavy (non-hydrogen) atoms. The van der Waals surface area contributed by atoms with Crippen LogP contribution in [-0.4, -0.2) is 55.4 Å². The van der Waals surface area contributed by atoms with Crippen molar-refractivity contribution in [2.24, 2.45) is 0 Å². The van der Waals surface area contributed by atoms with Crippen LogP contribution in [0.2, 0.25) is 0 Å². The number of benzene rings is 1. The van der Waals surface area contributed by atoms with Crippen LogP contribution in [0.3, 0.4) is 0 Å². The van der Waals surface area contributed by atoms with E-state index in [1.807, 2.05) is 0 Å². The highest BCUT2D eigenvalue weighted by Gasteiger charge is 2.52. The largest absolute Gasteiger partial charge is 0.496 e. The molecular formula is C21H31BN2O4. The van der Waals surface area contributed by atoms with Crippen molar-refractivity contribution in [3.63, 3.8) is 0 Å². The normalized spacial score (nSPS) is 26.2. The summed E-state index contributed by atoms with van der Waals surface area (Å²) in [6.07, 6.45) is 2.54. The van der Waals surface area contributed by atoms with Gasteiger partial charge in [-0.05, 0) is 57.6 Å². The average molecular weight is 386 g/mol. The summed E-state index contributed by atoms with van der Waals surface area (Å²) in [5, 5.41) is 3.07. The van der Waals surface area contributed by atoms with E-state index in [-0.39, 0.29) is 30.3 Å². The molecule has 0 spiro atoms. The van der Waals surface area contributed by atoms with Gasteiger partial charge in [0.05, 0.1) is 18.3 Å². The van der Waals surface area contributed by atoms with Gasteiger partial charge in [0.1, 0.15) is 5.75 Å². The summed E-state index contributed by atoms with van der Waals surface area (Å²) < 4.78 is 18.2. The molecular weight excluding hydrogens is 355 g/mol. The zero-order chi connectivity index (χ0) is 20.1. The molecule has 6 nitrogen and oxygen atoms in total. The smallest absolute Gasteiger partial charge is 0.494 e. The lowest BCUT2D eigenvalue weighted by atomic mass is 9.76. The number of carbonyl (C=O) groups is 1. The molecule has 0 radical (unpaired) electrons. The third kappa shape index (κ3) is 3.56. The van der Waals surface area contributed by atoms with E-state index >= 15 is 0 Å². The highest BCUT2D eigenvalue weighted by Crippen LogP contribution is 2.37. The zero-order valence-corrected chi connectivity index (χ0v) is 17.6. The molecule has 0 bridgehead atoms. The van der Waals surface area contributed by atoms with Crippen LogP contribution in [0, 0.1) is 0 Å². The molecule has 3 aliphatic heterocycles. The molecule has 2 saturated heterocycles. The Morgan fingerprint density at radius 3 is 2.54 bits per heavy atom. The molecule has 4 rings (SSSR count). The van der Waals surface area contributed by atoms with Crippen molar-refractivity contribution in [3.05, 3.63) is 23.3 Å². The van der Waals surface area contributed by atoms with E-state index in [4.69, 9.17) is 14.0 Å². The maximum absolute atomic E-state index is 11.5. The van der Waals surface area contributed by atoms with Crippen LogP contribution in [0.15, 0.2) is 12.1 Å². The summed E-state index contributed by atoms with van der Waals surface area (Å²) in [5.41, 5.74) is 2.84. The first kappa shape index (κ1) is 19.7. The van der Waals surface area contributed by atoms with Gasteiger partial charge in [-0.3, -0.25) is 9.69 Å².